The van der Waals surface area contributed by atoms with Crippen LogP contribution in [0.3, 0.4) is 0 Å². The summed E-state index contributed by atoms with van der Waals surface area (Å²) in [5.74, 6) is -0.809. The Morgan fingerprint density at radius 3 is 1.71 bits per heavy atom. The fourth-order valence-corrected chi connectivity index (χ4v) is 4.26. The molecular formula is C31H23F2N. The van der Waals surface area contributed by atoms with E-state index in [-0.39, 0.29) is 0 Å². The van der Waals surface area contributed by atoms with E-state index in [1.807, 2.05) is 66.7 Å². The molecule has 34 heavy (non-hydrogen) atoms. The number of nitrogens with zero attached hydrogens (tertiary/aromatic N) is 1. The minimum atomic E-state index is -0.412. The van der Waals surface area contributed by atoms with Crippen molar-refractivity contribution in [1.82, 2.24) is 0 Å². The van der Waals surface area contributed by atoms with E-state index in [0.717, 1.165) is 33.4 Å². The molecule has 0 bridgehead atoms. The van der Waals surface area contributed by atoms with Gasteiger partial charge in [0.2, 0.25) is 0 Å². The van der Waals surface area contributed by atoms with Crippen molar-refractivity contribution in [2.24, 2.45) is 0 Å². The molecule has 0 atom stereocenters. The van der Waals surface area contributed by atoms with Crippen molar-refractivity contribution in [2.45, 2.75) is 0 Å². The lowest BCUT2D eigenvalue weighted by Crippen LogP contribution is -2.13. The molecule has 0 aromatic heterocycles. The van der Waals surface area contributed by atoms with E-state index in [2.05, 4.69) is 24.3 Å². The van der Waals surface area contributed by atoms with E-state index < -0.39 is 11.6 Å². The Hall–Kier alpha value is -4.24. The summed E-state index contributed by atoms with van der Waals surface area (Å²) in [4.78, 5) is 1.56. The van der Waals surface area contributed by atoms with E-state index in [9.17, 15) is 4.39 Å². The smallest absolute Gasteiger partial charge is 0.147 e. The molecule has 0 heterocycles. The second-order valence-corrected chi connectivity index (χ2v) is 8.17. The molecule has 0 aliphatic rings. The standard InChI is InChI=1S/C31H23F2N/c1-34(30-18-9-8-17-28(30)32)31-21-27(23-13-6-3-7-14-23)26(20-29(31)33)25-16-10-15-24(19-25)22-11-4-2-5-12-22/h2-21H,1H3. The summed E-state index contributed by atoms with van der Waals surface area (Å²) >= 11 is 0. The van der Waals surface area contributed by atoms with Gasteiger partial charge >= 0.3 is 0 Å². The topological polar surface area (TPSA) is 3.24 Å². The summed E-state index contributed by atoms with van der Waals surface area (Å²) in [5, 5.41) is 0. The van der Waals surface area contributed by atoms with Crippen LogP contribution in [0, 0.1) is 11.6 Å². The first-order chi connectivity index (χ1) is 16.6. The Balaban J connectivity index is 1.68. The van der Waals surface area contributed by atoms with Gasteiger partial charge in [0.15, 0.2) is 0 Å². The van der Waals surface area contributed by atoms with Crippen LogP contribution >= 0.6 is 0 Å². The van der Waals surface area contributed by atoms with Crippen LogP contribution in [-0.2, 0) is 0 Å². The SMILES string of the molecule is CN(c1ccccc1F)c1cc(-c2ccccc2)c(-c2cccc(-c3ccccc3)c2)cc1F. The van der Waals surface area contributed by atoms with Gasteiger partial charge in [-0.15, -0.1) is 0 Å². The molecule has 3 heteroatoms. The molecule has 0 fully saturated rings. The van der Waals surface area contributed by atoms with Gasteiger partial charge in [-0.2, -0.15) is 0 Å². The molecule has 5 aromatic carbocycles. The molecule has 0 N–H and O–H groups in total. The van der Waals surface area contributed by atoms with Crippen LogP contribution in [0.15, 0.2) is 121 Å². The number of hydrogen-bond donors (Lipinski definition) is 0. The van der Waals surface area contributed by atoms with Crippen molar-refractivity contribution < 1.29 is 8.78 Å². The summed E-state index contributed by atoms with van der Waals surface area (Å²) in [5.41, 5.74) is 6.33. The Kier molecular flexibility index (Phi) is 5.92. The predicted molar refractivity (Wildman–Crippen MR) is 137 cm³/mol. The van der Waals surface area contributed by atoms with E-state index >= 15 is 4.39 Å². The molecule has 166 valence electrons. The van der Waals surface area contributed by atoms with Crippen molar-refractivity contribution in [2.75, 3.05) is 11.9 Å². The molecule has 5 aromatic rings. The highest BCUT2D eigenvalue weighted by Gasteiger charge is 2.18. The van der Waals surface area contributed by atoms with Crippen molar-refractivity contribution in [1.29, 1.82) is 0 Å². The summed E-state index contributed by atoms with van der Waals surface area (Å²) in [6.45, 7) is 0. The molecule has 1 nitrogen and oxygen atoms in total. The van der Waals surface area contributed by atoms with Gasteiger partial charge < -0.3 is 4.90 Å². The average molecular weight is 448 g/mol. The van der Waals surface area contributed by atoms with Gasteiger partial charge in [0.25, 0.3) is 0 Å². The molecule has 0 radical (unpaired) electrons. The first kappa shape index (κ1) is 21.6. The quantitative estimate of drug-likeness (QED) is 0.260. The lowest BCUT2D eigenvalue weighted by molar-refractivity contribution is 0.618. The van der Waals surface area contributed by atoms with Gasteiger partial charge in [-0.05, 0) is 63.7 Å². The maximum absolute atomic E-state index is 15.6. The molecule has 0 amide bonds. The minimum absolute atomic E-state index is 0.312. The number of hydrogen-bond acceptors (Lipinski definition) is 1. The second kappa shape index (κ2) is 9.32. The normalized spacial score (nSPS) is 10.8. The zero-order valence-corrected chi connectivity index (χ0v) is 18.8. The Morgan fingerprint density at radius 2 is 1.00 bits per heavy atom. The molecule has 0 saturated heterocycles. The summed E-state index contributed by atoms with van der Waals surface area (Å²) < 4.78 is 30.0. The Labute approximate surface area is 198 Å². The van der Waals surface area contributed by atoms with Crippen LogP contribution in [0.4, 0.5) is 20.2 Å². The number of benzene rings is 5. The van der Waals surface area contributed by atoms with Gasteiger partial charge in [-0.25, -0.2) is 8.78 Å². The first-order valence-electron chi connectivity index (χ1n) is 11.1. The van der Waals surface area contributed by atoms with Crippen molar-refractivity contribution >= 4 is 11.4 Å². The Bertz CT molecular complexity index is 1430. The zero-order valence-electron chi connectivity index (χ0n) is 18.8. The Morgan fingerprint density at radius 1 is 0.441 bits per heavy atom. The van der Waals surface area contributed by atoms with Crippen molar-refractivity contribution in [3.8, 4) is 33.4 Å². The van der Waals surface area contributed by atoms with Gasteiger partial charge in [-0.1, -0.05) is 91.0 Å². The van der Waals surface area contributed by atoms with Gasteiger partial charge in [0.05, 0.1) is 11.4 Å². The second-order valence-electron chi connectivity index (χ2n) is 8.17. The lowest BCUT2D eigenvalue weighted by atomic mass is 9.91. The van der Waals surface area contributed by atoms with Gasteiger partial charge in [-0.3, -0.25) is 0 Å². The van der Waals surface area contributed by atoms with E-state index in [4.69, 9.17) is 0 Å². The maximum atomic E-state index is 15.6. The fraction of sp³-hybridized carbons (Fsp3) is 0.0323. The van der Waals surface area contributed by atoms with Crippen molar-refractivity contribution in [3.05, 3.63) is 133 Å². The van der Waals surface area contributed by atoms with Crippen LogP contribution in [0.25, 0.3) is 33.4 Å². The third-order valence-corrected chi connectivity index (χ3v) is 6.03. The predicted octanol–water partition coefficient (Wildman–Crippen LogP) is 8.73. The summed E-state index contributed by atoms with van der Waals surface area (Å²) in [6.07, 6.45) is 0. The lowest BCUT2D eigenvalue weighted by Gasteiger charge is -2.23. The highest BCUT2D eigenvalue weighted by atomic mass is 19.1. The van der Waals surface area contributed by atoms with E-state index in [1.165, 1.54) is 6.07 Å². The molecule has 0 saturated carbocycles. The van der Waals surface area contributed by atoms with Gasteiger partial charge in [0, 0.05) is 7.05 Å². The van der Waals surface area contributed by atoms with E-state index in [0.29, 0.717) is 11.4 Å². The van der Waals surface area contributed by atoms with Gasteiger partial charge in [0.1, 0.15) is 11.6 Å². The third-order valence-electron chi connectivity index (χ3n) is 6.03. The van der Waals surface area contributed by atoms with Crippen LogP contribution in [0.5, 0.6) is 0 Å². The third kappa shape index (κ3) is 4.20. The van der Waals surface area contributed by atoms with Crippen LogP contribution < -0.4 is 4.90 Å². The molecule has 5 rings (SSSR count). The number of halogens is 2. The highest BCUT2D eigenvalue weighted by Crippen LogP contribution is 2.39. The zero-order chi connectivity index (χ0) is 23.5. The number of anilines is 2. The first-order valence-corrected chi connectivity index (χ1v) is 11.1. The summed E-state index contributed by atoms with van der Waals surface area (Å²) in [7, 11) is 1.68. The van der Waals surface area contributed by atoms with Crippen LogP contribution in [0.2, 0.25) is 0 Å². The maximum Gasteiger partial charge on any atom is 0.147 e. The van der Waals surface area contributed by atoms with E-state index in [1.54, 1.807) is 36.2 Å². The summed E-state index contributed by atoms with van der Waals surface area (Å²) in [6, 6.07) is 37.9. The monoisotopic (exact) mass is 447 g/mol. The van der Waals surface area contributed by atoms with Crippen LogP contribution in [-0.4, -0.2) is 7.05 Å². The number of rotatable bonds is 5. The number of para-hydroxylation sites is 1. The van der Waals surface area contributed by atoms with Crippen molar-refractivity contribution in [3.63, 3.8) is 0 Å². The minimum Gasteiger partial charge on any atom is -0.340 e. The molecule has 0 unspecified atom stereocenters. The fourth-order valence-electron chi connectivity index (χ4n) is 4.26. The molecule has 0 aliphatic carbocycles. The highest BCUT2D eigenvalue weighted by molar-refractivity contribution is 5.88. The molecule has 0 aliphatic heterocycles. The molecule has 0 spiro atoms. The largest absolute Gasteiger partial charge is 0.340 e. The van der Waals surface area contributed by atoms with Crippen LogP contribution in [0.1, 0.15) is 0 Å². The average Bonchev–Trinajstić information content (AvgIpc) is 2.89. The molecular weight excluding hydrogens is 424 g/mol.